The summed E-state index contributed by atoms with van der Waals surface area (Å²) in [5, 5.41) is 48.0. The van der Waals surface area contributed by atoms with Crippen molar-refractivity contribution in [1.82, 2.24) is 0 Å². The first-order valence-electron chi connectivity index (χ1n) is 10.0. The van der Waals surface area contributed by atoms with E-state index in [1.807, 2.05) is 0 Å². The Morgan fingerprint density at radius 3 is 1.64 bits per heavy atom. The Morgan fingerprint density at radius 1 is 0.760 bits per heavy atom. The van der Waals surface area contributed by atoms with Crippen LogP contribution in [0.15, 0.2) is 0 Å². The molecule has 1 unspecified atom stereocenters. The molecule has 0 bridgehead atoms. The molecule has 5 N–H and O–H groups in total. The van der Waals surface area contributed by atoms with Crippen LogP contribution in [0.3, 0.4) is 0 Å². The van der Waals surface area contributed by atoms with E-state index >= 15 is 0 Å². The third-order valence-corrected chi connectivity index (χ3v) is 5.16. The smallest absolute Gasteiger partial charge is 0.253 e. The Balaban J connectivity index is 1.98. The first kappa shape index (κ1) is 22.8. The maximum Gasteiger partial charge on any atom is 0.253 e. The summed E-state index contributed by atoms with van der Waals surface area (Å²) in [7, 11) is 0. The Bertz CT molecular complexity index is 353. The molecule has 0 amide bonds. The third-order valence-electron chi connectivity index (χ3n) is 5.16. The van der Waals surface area contributed by atoms with Gasteiger partial charge in [0.05, 0.1) is 6.61 Å². The minimum absolute atomic E-state index is 0.205. The average molecular weight is 363 g/mol. The van der Waals surface area contributed by atoms with Gasteiger partial charge in [-0.25, -0.2) is 0 Å². The van der Waals surface area contributed by atoms with Gasteiger partial charge >= 0.3 is 0 Å². The van der Waals surface area contributed by atoms with Crippen molar-refractivity contribution in [3.8, 4) is 0 Å². The third kappa shape index (κ3) is 7.12. The number of hydrogen-bond acceptors (Lipinski definition) is 6. The summed E-state index contributed by atoms with van der Waals surface area (Å²) in [6.45, 7) is 1.52. The van der Waals surface area contributed by atoms with E-state index in [-0.39, 0.29) is 6.42 Å². The van der Waals surface area contributed by atoms with Crippen LogP contribution in [-0.2, 0) is 4.74 Å². The summed E-state index contributed by atoms with van der Waals surface area (Å²) in [6.07, 6.45) is 11.3. The summed E-state index contributed by atoms with van der Waals surface area (Å²) in [5.74, 6) is -3.99. The largest absolute Gasteiger partial charge is 0.394 e. The van der Waals surface area contributed by atoms with Gasteiger partial charge < -0.3 is 30.3 Å². The lowest BCUT2D eigenvalue weighted by Crippen LogP contribution is -2.46. The van der Waals surface area contributed by atoms with Crippen LogP contribution < -0.4 is 0 Å². The van der Waals surface area contributed by atoms with E-state index in [1.54, 1.807) is 0 Å². The molecule has 1 fully saturated rings. The van der Waals surface area contributed by atoms with Crippen molar-refractivity contribution in [2.45, 2.75) is 114 Å². The summed E-state index contributed by atoms with van der Waals surface area (Å²) in [5.41, 5.74) is 0. The fourth-order valence-electron chi connectivity index (χ4n) is 3.32. The van der Waals surface area contributed by atoms with Gasteiger partial charge in [-0.3, -0.25) is 0 Å². The second kappa shape index (κ2) is 11.5. The molecule has 6 nitrogen and oxygen atoms in total. The van der Waals surface area contributed by atoms with E-state index < -0.39 is 30.4 Å². The highest BCUT2D eigenvalue weighted by Gasteiger charge is 2.74. The van der Waals surface area contributed by atoms with Gasteiger partial charge in [0.15, 0.2) is 0 Å². The van der Waals surface area contributed by atoms with Crippen LogP contribution in [0.5, 0.6) is 0 Å². The zero-order chi connectivity index (χ0) is 18.8. The maximum absolute atomic E-state index is 10.1. The normalized spacial score (nSPS) is 28.1. The number of aliphatic hydroxyl groups excluding tert-OH is 3. The van der Waals surface area contributed by atoms with Crippen LogP contribution in [0, 0.1) is 0 Å². The lowest BCUT2D eigenvalue weighted by molar-refractivity contribution is -0.137. The van der Waals surface area contributed by atoms with Gasteiger partial charge in [0.2, 0.25) is 5.79 Å². The highest BCUT2D eigenvalue weighted by Crippen LogP contribution is 2.50. The monoisotopic (exact) mass is 362 g/mol. The molecule has 1 heterocycles. The topological polar surface area (TPSA) is 114 Å². The van der Waals surface area contributed by atoms with E-state index in [0.717, 1.165) is 12.8 Å². The molecule has 1 aliphatic heterocycles. The molecule has 0 saturated carbocycles. The fourth-order valence-corrected chi connectivity index (χ4v) is 3.32. The second-order valence-electron chi connectivity index (χ2n) is 7.42. The highest BCUT2D eigenvalue weighted by atomic mass is 16.8. The Labute approximate surface area is 151 Å². The Kier molecular flexibility index (Phi) is 10.5. The summed E-state index contributed by atoms with van der Waals surface area (Å²) in [6, 6.07) is 0. The van der Waals surface area contributed by atoms with E-state index in [1.165, 1.54) is 57.8 Å². The minimum atomic E-state index is -2.17. The molecule has 0 spiro atoms. The SMILES string of the molecule is CCCCCCCCCCCCCCC1(O)O[C@@]1(O)[C@H](O)[C@H](O)CO. The van der Waals surface area contributed by atoms with E-state index in [2.05, 4.69) is 6.92 Å². The lowest BCUT2D eigenvalue weighted by atomic mass is 9.98. The molecule has 25 heavy (non-hydrogen) atoms. The zero-order valence-corrected chi connectivity index (χ0v) is 15.7. The van der Waals surface area contributed by atoms with Crippen molar-refractivity contribution in [2.24, 2.45) is 0 Å². The molecule has 4 atom stereocenters. The van der Waals surface area contributed by atoms with Gasteiger partial charge in [0, 0.05) is 6.42 Å². The van der Waals surface area contributed by atoms with Crippen molar-refractivity contribution in [2.75, 3.05) is 6.61 Å². The van der Waals surface area contributed by atoms with Gasteiger partial charge in [-0.05, 0) is 6.42 Å². The van der Waals surface area contributed by atoms with E-state index in [9.17, 15) is 20.4 Å². The maximum atomic E-state index is 10.1. The van der Waals surface area contributed by atoms with Gasteiger partial charge in [-0.2, -0.15) is 0 Å². The molecule has 0 aromatic rings. The predicted molar refractivity (Wildman–Crippen MR) is 95.8 cm³/mol. The number of rotatable bonds is 16. The minimum Gasteiger partial charge on any atom is -0.394 e. The molecule has 1 aliphatic rings. The molecule has 6 heteroatoms. The van der Waals surface area contributed by atoms with Crippen molar-refractivity contribution in [1.29, 1.82) is 0 Å². The fraction of sp³-hybridized carbons (Fsp3) is 1.00. The predicted octanol–water partition coefficient (Wildman–Crippen LogP) is 2.20. The van der Waals surface area contributed by atoms with Crippen molar-refractivity contribution < 1.29 is 30.3 Å². The lowest BCUT2D eigenvalue weighted by Gasteiger charge is -2.20. The molecule has 0 radical (unpaired) electrons. The van der Waals surface area contributed by atoms with Gasteiger partial charge in [-0.1, -0.05) is 77.6 Å². The van der Waals surface area contributed by atoms with E-state index in [4.69, 9.17) is 9.84 Å². The Morgan fingerprint density at radius 2 is 1.20 bits per heavy atom. The Hall–Kier alpha value is -0.240. The van der Waals surface area contributed by atoms with Gasteiger partial charge in [0.25, 0.3) is 5.79 Å². The molecular formula is C19H38O6. The van der Waals surface area contributed by atoms with Crippen LogP contribution >= 0.6 is 0 Å². The van der Waals surface area contributed by atoms with Crippen molar-refractivity contribution in [3.05, 3.63) is 0 Å². The van der Waals surface area contributed by atoms with Crippen LogP contribution in [0.25, 0.3) is 0 Å². The average Bonchev–Trinajstić information content (AvgIpc) is 3.17. The number of hydrogen-bond donors (Lipinski definition) is 5. The highest BCUT2D eigenvalue weighted by molar-refractivity contribution is 5.06. The number of epoxide rings is 1. The number of aliphatic hydroxyl groups is 5. The molecule has 0 aliphatic carbocycles. The zero-order valence-electron chi connectivity index (χ0n) is 15.7. The van der Waals surface area contributed by atoms with Crippen LogP contribution in [0.2, 0.25) is 0 Å². The van der Waals surface area contributed by atoms with Crippen LogP contribution in [0.4, 0.5) is 0 Å². The standard InChI is InChI=1S/C19H38O6/c1-2-3-4-5-6-7-8-9-10-11-12-13-14-18(23)19(24,25-18)17(22)16(21)15-20/h16-17,20-24H,2-15H2,1H3/t16-,17-,18?,19+/m1/s1. The molecular weight excluding hydrogens is 324 g/mol. The molecule has 1 rings (SSSR count). The van der Waals surface area contributed by atoms with E-state index in [0.29, 0.717) is 6.42 Å². The number of unbranched alkanes of at least 4 members (excludes halogenated alkanes) is 11. The summed E-state index contributed by atoms with van der Waals surface area (Å²) < 4.78 is 4.87. The molecule has 1 saturated heterocycles. The molecule has 0 aromatic heterocycles. The van der Waals surface area contributed by atoms with Gasteiger partial charge in [-0.15, -0.1) is 0 Å². The van der Waals surface area contributed by atoms with Crippen LogP contribution in [-0.4, -0.2) is 55.9 Å². The van der Waals surface area contributed by atoms with Crippen molar-refractivity contribution in [3.63, 3.8) is 0 Å². The van der Waals surface area contributed by atoms with Crippen molar-refractivity contribution >= 4 is 0 Å². The summed E-state index contributed by atoms with van der Waals surface area (Å²) >= 11 is 0. The molecule has 0 aromatic carbocycles. The quantitative estimate of drug-likeness (QED) is 0.212. The summed E-state index contributed by atoms with van der Waals surface area (Å²) in [4.78, 5) is 0. The first-order chi connectivity index (χ1) is 11.9. The first-order valence-corrected chi connectivity index (χ1v) is 10.0. The van der Waals surface area contributed by atoms with Gasteiger partial charge in [0.1, 0.15) is 12.2 Å². The number of ether oxygens (including phenoxy) is 1. The second-order valence-corrected chi connectivity index (χ2v) is 7.42. The van der Waals surface area contributed by atoms with Crippen LogP contribution in [0.1, 0.15) is 90.4 Å². The molecule has 150 valence electrons.